The zero-order chi connectivity index (χ0) is 9.97. The number of rotatable bonds is 1. The smallest absolute Gasteiger partial charge is 0.0608 e. The van der Waals surface area contributed by atoms with Gasteiger partial charge in [-0.25, -0.2) is 0 Å². The van der Waals surface area contributed by atoms with E-state index in [9.17, 15) is 5.11 Å². The molecular weight excluding hydrogens is 160 g/mol. The van der Waals surface area contributed by atoms with Crippen molar-refractivity contribution in [3.8, 4) is 0 Å². The molecule has 1 nitrogen and oxygen atoms in total. The molecule has 0 radical (unpaired) electrons. The van der Waals surface area contributed by atoms with Crippen molar-refractivity contribution in [2.45, 2.75) is 37.7 Å². The van der Waals surface area contributed by atoms with E-state index in [2.05, 4.69) is 0 Å². The molecule has 1 saturated carbocycles. The lowest BCUT2D eigenvalue weighted by Crippen LogP contribution is -2.22. The lowest BCUT2D eigenvalue weighted by atomic mass is 9.82. The highest BCUT2D eigenvalue weighted by atomic mass is 16.3. The molecule has 1 heteroatoms. The first-order valence-electron chi connectivity index (χ1n) is 5.52. The van der Waals surface area contributed by atoms with Crippen molar-refractivity contribution in [3.63, 3.8) is 0 Å². The zero-order valence-electron chi connectivity index (χ0n) is 8.69. The monoisotopic (exact) mass is 177 g/mol. The van der Waals surface area contributed by atoms with Gasteiger partial charge in [0.05, 0.1) is 6.10 Å². The summed E-state index contributed by atoms with van der Waals surface area (Å²) in [6, 6.07) is 9.95. The molecule has 1 aliphatic carbocycles. The van der Waals surface area contributed by atoms with Crippen molar-refractivity contribution in [1.82, 2.24) is 0 Å². The number of aliphatic hydroxyl groups is 1. The molecule has 0 amide bonds. The number of aliphatic hydroxyl groups excluding tert-OH is 1. The van der Waals surface area contributed by atoms with Crippen LogP contribution in [-0.4, -0.2) is 11.2 Å². The standard InChI is InChI=1S/C12H16O/c13-12-9-5-4-8-11(12)10-6-2-1-3-7-10/h1-3,6-7,11-13H,4-5,8-9H2/t11-,12+/m0/s1/i8D/t8-,11+,12-/m1. The fourth-order valence-electron chi connectivity index (χ4n) is 1.99. The Morgan fingerprint density at radius 3 is 2.69 bits per heavy atom. The van der Waals surface area contributed by atoms with Crippen LogP contribution < -0.4 is 0 Å². The van der Waals surface area contributed by atoms with Crippen LogP contribution in [0.25, 0.3) is 0 Å². The molecular formula is C12H16O. The van der Waals surface area contributed by atoms with Crippen LogP contribution in [0.3, 0.4) is 0 Å². The van der Waals surface area contributed by atoms with Gasteiger partial charge in [-0.05, 0) is 18.4 Å². The maximum atomic E-state index is 9.87. The Hall–Kier alpha value is -0.820. The molecule has 0 unspecified atom stereocenters. The summed E-state index contributed by atoms with van der Waals surface area (Å²) < 4.78 is 7.94. The minimum absolute atomic E-state index is 0.0185. The van der Waals surface area contributed by atoms with E-state index in [4.69, 9.17) is 1.37 Å². The summed E-state index contributed by atoms with van der Waals surface area (Å²) in [7, 11) is 0. The van der Waals surface area contributed by atoms with Gasteiger partial charge in [0.25, 0.3) is 0 Å². The zero-order valence-corrected chi connectivity index (χ0v) is 7.69. The van der Waals surface area contributed by atoms with Gasteiger partial charge in [0.15, 0.2) is 0 Å². The molecule has 0 saturated heterocycles. The fraction of sp³-hybridized carbons (Fsp3) is 0.500. The van der Waals surface area contributed by atoms with Crippen molar-refractivity contribution >= 4 is 0 Å². The minimum atomic E-state index is -0.325. The van der Waals surface area contributed by atoms with E-state index >= 15 is 0 Å². The Morgan fingerprint density at radius 1 is 1.23 bits per heavy atom. The highest BCUT2D eigenvalue weighted by Crippen LogP contribution is 2.32. The van der Waals surface area contributed by atoms with E-state index in [-0.39, 0.29) is 18.4 Å². The third-order valence-electron chi connectivity index (χ3n) is 2.72. The molecule has 13 heavy (non-hydrogen) atoms. The van der Waals surface area contributed by atoms with Gasteiger partial charge in [-0.1, -0.05) is 43.2 Å². The molecule has 0 heterocycles. The summed E-state index contributed by atoms with van der Waals surface area (Å²) >= 11 is 0. The van der Waals surface area contributed by atoms with E-state index < -0.39 is 0 Å². The van der Waals surface area contributed by atoms with Crippen LogP contribution in [0, 0.1) is 0 Å². The van der Waals surface area contributed by atoms with Gasteiger partial charge in [-0.15, -0.1) is 0 Å². The average molecular weight is 177 g/mol. The third kappa shape index (κ3) is 1.92. The van der Waals surface area contributed by atoms with Crippen molar-refractivity contribution in [2.75, 3.05) is 0 Å². The molecule has 1 aromatic rings. The molecule has 1 aromatic carbocycles. The summed E-state index contributed by atoms with van der Waals surface area (Å²) in [5, 5.41) is 9.87. The second-order valence-corrected chi connectivity index (χ2v) is 3.67. The van der Waals surface area contributed by atoms with E-state index in [0.29, 0.717) is 0 Å². The number of hydrogen-bond donors (Lipinski definition) is 1. The lowest BCUT2D eigenvalue weighted by Gasteiger charge is -2.27. The molecule has 0 spiro atoms. The van der Waals surface area contributed by atoms with Crippen LogP contribution >= 0.6 is 0 Å². The Balaban J connectivity index is 2.23. The lowest BCUT2D eigenvalue weighted by molar-refractivity contribution is 0.106. The van der Waals surface area contributed by atoms with E-state index in [1.165, 1.54) is 0 Å². The quantitative estimate of drug-likeness (QED) is 0.699. The molecule has 1 aliphatic rings. The first-order valence-corrected chi connectivity index (χ1v) is 4.94. The summed E-state index contributed by atoms with van der Waals surface area (Å²) in [6.45, 7) is 0. The fourth-order valence-corrected chi connectivity index (χ4v) is 1.99. The van der Waals surface area contributed by atoms with E-state index in [1.807, 2.05) is 30.3 Å². The first-order chi connectivity index (χ1) is 6.79. The van der Waals surface area contributed by atoms with Gasteiger partial charge in [-0.3, -0.25) is 0 Å². The van der Waals surface area contributed by atoms with Crippen LogP contribution in [0.4, 0.5) is 0 Å². The molecule has 70 valence electrons. The van der Waals surface area contributed by atoms with Gasteiger partial charge in [-0.2, -0.15) is 0 Å². The SMILES string of the molecule is [2H][C@@H]1CCC[C@@H](O)[C@@H]1c1ccccc1. The van der Waals surface area contributed by atoms with Crippen LogP contribution in [0.2, 0.25) is 0 Å². The molecule has 0 aromatic heterocycles. The van der Waals surface area contributed by atoms with Gasteiger partial charge in [0.2, 0.25) is 0 Å². The maximum absolute atomic E-state index is 9.87. The Kier molecular flexibility index (Phi) is 2.29. The Labute approximate surface area is 80.8 Å². The highest BCUT2D eigenvalue weighted by molar-refractivity contribution is 5.21. The molecule has 2 rings (SSSR count). The highest BCUT2D eigenvalue weighted by Gasteiger charge is 2.23. The van der Waals surface area contributed by atoms with E-state index in [0.717, 1.165) is 24.8 Å². The predicted octanol–water partition coefficient (Wildman–Crippen LogP) is 2.71. The second kappa shape index (κ2) is 3.93. The first kappa shape index (κ1) is 7.57. The molecule has 0 bridgehead atoms. The topological polar surface area (TPSA) is 20.2 Å². The number of benzene rings is 1. The number of hydrogen-bond acceptors (Lipinski definition) is 1. The van der Waals surface area contributed by atoms with Crippen molar-refractivity contribution in [2.24, 2.45) is 0 Å². The van der Waals surface area contributed by atoms with Crippen LogP contribution in [-0.2, 0) is 0 Å². The van der Waals surface area contributed by atoms with E-state index in [1.54, 1.807) is 0 Å². The van der Waals surface area contributed by atoms with Crippen molar-refractivity contribution < 1.29 is 6.48 Å². The average Bonchev–Trinajstić information content (AvgIpc) is 2.19. The molecule has 1 fully saturated rings. The molecule has 3 atom stereocenters. The van der Waals surface area contributed by atoms with Gasteiger partial charge >= 0.3 is 0 Å². The minimum Gasteiger partial charge on any atom is -0.392 e. The normalized spacial score (nSPS) is 35.5. The van der Waals surface area contributed by atoms with Crippen LogP contribution in [0.5, 0.6) is 0 Å². The third-order valence-corrected chi connectivity index (χ3v) is 2.72. The Bertz CT molecular complexity index is 276. The largest absolute Gasteiger partial charge is 0.392 e. The van der Waals surface area contributed by atoms with Crippen LogP contribution in [0.15, 0.2) is 30.3 Å². The molecule has 0 aliphatic heterocycles. The maximum Gasteiger partial charge on any atom is 0.0608 e. The Morgan fingerprint density at radius 2 is 2.00 bits per heavy atom. The summed E-state index contributed by atoms with van der Waals surface area (Å²) in [6.07, 6.45) is 2.28. The summed E-state index contributed by atoms with van der Waals surface area (Å²) in [5.41, 5.74) is 1.11. The van der Waals surface area contributed by atoms with Crippen LogP contribution in [0.1, 0.15) is 38.5 Å². The van der Waals surface area contributed by atoms with Gasteiger partial charge in [0, 0.05) is 7.29 Å². The van der Waals surface area contributed by atoms with Gasteiger partial charge in [0.1, 0.15) is 0 Å². The van der Waals surface area contributed by atoms with Crippen molar-refractivity contribution in [1.29, 1.82) is 0 Å². The van der Waals surface area contributed by atoms with Gasteiger partial charge < -0.3 is 5.11 Å². The molecule has 1 N–H and O–H groups in total. The second-order valence-electron chi connectivity index (χ2n) is 3.67. The summed E-state index contributed by atoms with van der Waals surface area (Å²) in [5.74, 6) is 0.0185. The summed E-state index contributed by atoms with van der Waals surface area (Å²) in [4.78, 5) is 0. The predicted molar refractivity (Wildman–Crippen MR) is 53.7 cm³/mol. The van der Waals surface area contributed by atoms with Crippen molar-refractivity contribution in [3.05, 3.63) is 35.9 Å².